The number of fused-ring (bicyclic) bond motifs is 2. The first-order valence-corrected chi connectivity index (χ1v) is 10.3. The Hall–Kier alpha value is -4.86. The third kappa shape index (κ3) is 3.77. The number of ether oxygens (including phenoxy) is 1. The van der Waals surface area contributed by atoms with Gasteiger partial charge in [0.1, 0.15) is 13.2 Å². The minimum atomic E-state index is -0.527. The SMILES string of the molecule is O=C(Cn1nc(-c2cccc([N+](=O)[O-])c2)c2ccccc2c1=O)Nc1ccc2c(c1)C(=O)OC2. The minimum Gasteiger partial charge on any atom is -0.457 e. The molecular formula is C24H16N4O6. The van der Waals surface area contributed by atoms with Gasteiger partial charge in [0.15, 0.2) is 0 Å². The van der Waals surface area contributed by atoms with Gasteiger partial charge in [0, 0.05) is 34.3 Å². The highest BCUT2D eigenvalue weighted by Crippen LogP contribution is 2.27. The lowest BCUT2D eigenvalue weighted by Crippen LogP contribution is -2.30. The van der Waals surface area contributed by atoms with E-state index in [1.54, 1.807) is 42.5 Å². The third-order valence-corrected chi connectivity index (χ3v) is 5.46. The molecule has 0 unspecified atom stereocenters. The van der Waals surface area contributed by atoms with Crippen molar-refractivity contribution in [3.63, 3.8) is 0 Å². The second-order valence-corrected chi connectivity index (χ2v) is 7.66. The molecule has 10 heteroatoms. The molecule has 0 saturated heterocycles. The molecule has 2 heterocycles. The molecule has 1 N–H and O–H groups in total. The third-order valence-electron chi connectivity index (χ3n) is 5.46. The number of nitro benzene ring substituents is 1. The molecule has 0 bridgehead atoms. The quantitative estimate of drug-likeness (QED) is 0.277. The van der Waals surface area contributed by atoms with Gasteiger partial charge in [-0.05, 0) is 18.2 Å². The summed E-state index contributed by atoms with van der Waals surface area (Å²) in [5.74, 6) is -0.985. The highest BCUT2D eigenvalue weighted by Gasteiger charge is 2.22. The van der Waals surface area contributed by atoms with Gasteiger partial charge in [-0.3, -0.25) is 19.7 Å². The number of cyclic esters (lactones) is 1. The number of hydrogen-bond acceptors (Lipinski definition) is 7. The van der Waals surface area contributed by atoms with Gasteiger partial charge < -0.3 is 10.1 Å². The van der Waals surface area contributed by atoms with E-state index in [1.807, 2.05) is 0 Å². The molecule has 3 aromatic carbocycles. The average molecular weight is 456 g/mol. The summed E-state index contributed by atoms with van der Waals surface area (Å²) in [5.41, 5.74) is 1.69. The molecule has 0 fully saturated rings. The number of non-ortho nitro benzene ring substituents is 1. The van der Waals surface area contributed by atoms with Crippen LogP contribution in [0.25, 0.3) is 22.0 Å². The summed E-state index contributed by atoms with van der Waals surface area (Å²) in [4.78, 5) is 48.2. The van der Waals surface area contributed by atoms with E-state index in [0.29, 0.717) is 33.3 Å². The summed E-state index contributed by atoms with van der Waals surface area (Å²) in [6, 6.07) is 17.5. The van der Waals surface area contributed by atoms with E-state index in [1.165, 1.54) is 24.3 Å². The summed E-state index contributed by atoms with van der Waals surface area (Å²) in [5, 5.41) is 19.1. The van der Waals surface area contributed by atoms with Gasteiger partial charge in [0.05, 0.1) is 21.6 Å². The van der Waals surface area contributed by atoms with E-state index >= 15 is 0 Å². The number of aromatic nitrogens is 2. The van der Waals surface area contributed by atoms with Crippen LogP contribution in [0.3, 0.4) is 0 Å². The largest absolute Gasteiger partial charge is 0.457 e. The Balaban J connectivity index is 1.51. The number of benzene rings is 3. The molecule has 0 aliphatic carbocycles. The second kappa shape index (κ2) is 8.24. The Morgan fingerprint density at radius 3 is 2.65 bits per heavy atom. The van der Waals surface area contributed by atoms with Crippen LogP contribution in [0.1, 0.15) is 15.9 Å². The Bertz CT molecular complexity index is 1560. The molecule has 0 saturated carbocycles. The number of nitrogens with one attached hydrogen (secondary N) is 1. The van der Waals surface area contributed by atoms with Gasteiger partial charge in [0.2, 0.25) is 5.91 Å². The van der Waals surface area contributed by atoms with Crippen LogP contribution in [0.15, 0.2) is 71.5 Å². The lowest BCUT2D eigenvalue weighted by atomic mass is 10.0. The predicted octanol–water partition coefficient (Wildman–Crippen LogP) is 3.28. The molecule has 1 amide bonds. The van der Waals surface area contributed by atoms with Gasteiger partial charge in [-0.25, -0.2) is 9.48 Å². The fraction of sp³-hybridized carbons (Fsp3) is 0.0833. The number of carbonyl (C=O) groups is 2. The molecule has 1 aliphatic rings. The van der Waals surface area contributed by atoms with Crippen LogP contribution in [0.2, 0.25) is 0 Å². The Kier molecular flexibility index (Phi) is 5.09. The first-order chi connectivity index (χ1) is 16.4. The predicted molar refractivity (Wildman–Crippen MR) is 122 cm³/mol. The van der Waals surface area contributed by atoms with Crippen molar-refractivity contribution in [2.45, 2.75) is 13.2 Å². The summed E-state index contributed by atoms with van der Waals surface area (Å²) in [6.45, 7) is -0.202. The lowest BCUT2D eigenvalue weighted by Gasteiger charge is -2.12. The molecule has 1 aromatic heterocycles. The summed E-state index contributed by atoms with van der Waals surface area (Å²) in [6.07, 6.45) is 0. The fourth-order valence-corrected chi connectivity index (χ4v) is 3.85. The number of carbonyl (C=O) groups excluding carboxylic acids is 2. The van der Waals surface area contributed by atoms with E-state index in [9.17, 15) is 24.5 Å². The van der Waals surface area contributed by atoms with Crippen LogP contribution >= 0.6 is 0 Å². The topological polar surface area (TPSA) is 133 Å². The Morgan fingerprint density at radius 2 is 1.85 bits per heavy atom. The minimum absolute atomic E-state index is 0.117. The number of hydrogen-bond donors (Lipinski definition) is 1. The number of amides is 1. The van der Waals surface area contributed by atoms with Crippen molar-refractivity contribution < 1.29 is 19.2 Å². The molecule has 4 aromatic rings. The maximum atomic E-state index is 13.0. The molecule has 168 valence electrons. The van der Waals surface area contributed by atoms with Crippen molar-refractivity contribution in [3.8, 4) is 11.3 Å². The highest BCUT2D eigenvalue weighted by molar-refractivity contribution is 5.97. The molecule has 10 nitrogen and oxygen atoms in total. The van der Waals surface area contributed by atoms with Crippen molar-refractivity contribution in [2.24, 2.45) is 0 Å². The zero-order chi connectivity index (χ0) is 23.8. The number of nitrogens with zero attached hydrogens (tertiary/aromatic N) is 3. The monoisotopic (exact) mass is 456 g/mol. The highest BCUT2D eigenvalue weighted by atomic mass is 16.6. The van der Waals surface area contributed by atoms with Gasteiger partial charge >= 0.3 is 5.97 Å². The van der Waals surface area contributed by atoms with E-state index in [2.05, 4.69) is 10.4 Å². The zero-order valence-corrected chi connectivity index (χ0v) is 17.6. The van der Waals surface area contributed by atoms with E-state index in [0.717, 1.165) is 10.2 Å². The average Bonchev–Trinajstić information content (AvgIpc) is 3.21. The number of esters is 1. The molecule has 5 rings (SSSR count). The van der Waals surface area contributed by atoms with E-state index in [4.69, 9.17) is 4.74 Å². The van der Waals surface area contributed by atoms with Crippen LogP contribution in [0, 0.1) is 10.1 Å². The maximum absolute atomic E-state index is 13.0. The molecular weight excluding hydrogens is 440 g/mol. The van der Waals surface area contributed by atoms with Gasteiger partial charge in [-0.2, -0.15) is 5.10 Å². The van der Waals surface area contributed by atoms with Crippen molar-refractivity contribution in [3.05, 3.63) is 98.3 Å². The molecule has 0 spiro atoms. The first-order valence-electron chi connectivity index (χ1n) is 10.3. The maximum Gasteiger partial charge on any atom is 0.338 e. The standard InChI is InChI=1S/C24H16N4O6/c29-21(25-16-9-8-15-13-34-24(31)20(15)11-16)12-27-23(30)19-7-2-1-6-18(19)22(26-27)14-4-3-5-17(10-14)28(32)33/h1-11H,12-13H2,(H,25,29). The molecule has 1 aliphatic heterocycles. The van der Waals surface area contributed by atoms with Crippen LogP contribution in [0.4, 0.5) is 11.4 Å². The number of nitro groups is 1. The number of anilines is 1. The second-order valence-electron chi connectivity index (χ2n) is 7.66. The van der Waals surface area contributed by atoms with E-state index < -0.39 is 28.9 Å². The molecule has 0 atom stereocenters. The Labute approximate surface area is 191 Å². The summed E-state index contributed by atoms with van der Waals surface area (Å²) < 4.78 is 5.99. The van der Waals surface area contributed by atoms with Crippen LogP contribution in [-0.4, -0.2) is 26.6 Å². The Morgan fingerprint density at radius 1 is 1.06 bits per heavy atom. The normalized spacial score (nSPS) is 12.3. The molecule has 34 heavy (non-hydrogen) atoms. The lowest BCUT2D eigenvalue weighted by molar-refractivity contribution is -0.384. The summed E-state index contributed by atoms with van der Waals surface area (Å²) in [7, 11) is 0. The molecule has 0 radical (unpaired) electrons. The van der Waals surface area contributed by atoms with Crippen molar-refractivity contribution in [1.29, 1.82) is 0 Å². The van der Waals surface area contributed by atoms with Crippen LogP contribution in [0.5, 0.6) is 0 Å². The van der Waals surface area contributed by atoms with Gasteiger partial charge in [-0.15, -0.1) is 0 Å². The van der Waals surface area contributed by atoms with Crippen molar-refractivity contribution in [1.82, 2.24) is 9.78 Å². The zero-order valence-electron chi connectivity index (χ0n) is 17.6. The van der Waals surface area contributed by atoms with Crippen LogP contribution < -0.4 is 10.9 Å². The first kappa shape index (κ1) is 21.0. The number of rotatable bonds is 5. The van der Waals surface area contributed by atoms with Crippen molar-refractivity contribution in [2.75, 3.05) is 5.32 Å². The van der Waals surface area contributed by atoms with Crippen molar-refractivity contribution >= 4 is 34.0 Å². The smallest absolute Gasteiger partial charge is 0.338 e. The van der Waals surface area contributed by atoms with Crippen LogP contribution in [-0.2, 0) is 22.7 Å². The summed E-state index contributed by atoms with van der Waals surface area (Å²) >= 11 is 0. The van der Waals surface area contributed by atoms with Gasteiger partial charge in [0.25, 0.3) is 11.2 Å². The van der Waals surface area contributed by atoms with E-state index in [-0.39, 0.29) is 12.3 Å². The fourth-order valence-electron chi connectivity index (χ4n) is 3.85. The van der Waals surface area contributed by atoms with Gasteiger partial charge in [-0.1, -0.05) is 36.4 Å².